The van der Waals surface area contributed by atoms with E-state index in [9.17, 15) is 9.59 Å². The molecule has 1 aliphatic heterocycles. The predicted octanol–water partition coefficient (Wildman–Crippen LogP) is 0.561. The van der Waals surface area contributed by atoms with Crippen LogP contribution in [0.2, 0.25) is 0 Å². The molecule has 0 spiro atoms. The van der Waals surface area contributed by atoms with Crippen molar-refractivity contribution in [2.24, 2.45) is 0 Å². The summed E-state index contributed by atoms with van der Waals surface area (Å²) in [6.07, 6.45) is 3.02. The molecule has 0 radical (unpaired) electrons. The van der Waals surface area contributed by atoms with Crippen LogP contribution < -0.4 is 16.0 Å². The van der Waals surface area contributed by atoms with Gasteiger partial charge < -0.3 is 16.0 Å². The van der Waals surface area contributed by atoms with Crippen molar-refractivity contribution in [3.63, 3.8) is 0 Å². The zero-order valence-corrected chi connectivity index (χ0v) is 11.5. The number of nitrogens with one attached hydrogen (secondary N) is 3. The van der Waals surface area contributed by atoms with Gasteiger partial charge in [-0.3, -0.25) is 9.59 Å². The van der Waals surface area contributed by atoms with Crippen molar-refractivity contribution in [1.29, 1.82) is 0 Å². The van der Waals surface area contributed by atoms with E-state index >= 15 is 0 Å². The molecule has 1 aliphatic rings. The Kier molecular flexibility index (Phi) is 5.55. The molecule has 0 bridgehead atoms. The first-order chi connectivity index (χ1) is 9.75. The van der Waals surface area contributed by atoms with Crippen LogP contribution in [0.5, 0.6) is 0 Å². The maximum atomic E-state index is 11.8. The topological polar surface area (TPSA) is 70.2 Å². The van der Waals surface area contributed by atoms with Gasteiger partial charge in [0.1, 0.15) is 0 Å². The van der Waals surface area contributed by atoms with Crippen molar-refractivity contribution in [2.75, 3.05) is 13.1 Å². The third-order valence-electron chi connectivity index (χ3n) is 3.38. The highest BCUT2D eigenvalue weighted by molar-refractivity contribution is 5.87. The van der Waals surface area contributed by atoms with E-state index < -0.39 is 0 Å². The number of piperidine rings is 1. The Morgan fingerprint density at radius 2 is 1.95 bits per heavy atom. The molecule has 0 saturated carbocycles. The van der Waals surface area contributed by atoms with Gasteiger partial charge in [-0.25, -0.2) is 0 Å². The second kappa shape index (κ2) is 7.65. The highest BCUT2D eigenvalue weighted by atomic mass is 16.2. The second-order valence-electron chi connectivity index (χ2n) is 4.98. The molecule has 3 N–H and O–H groups in total. The van der Waals surface area contributed by atoms with Crippen LogP contribution in [-0.4, -0.2) is 30.9 Å². The van der Waals surface area contributed by atoms with Crippen LogP contribution in [0.25, 0.3) is 0 Å². The molecule has 20 heavy (non-hydrogen) atoms. The highest BCUT2D eigenvalue weighted by Crippen LogP contribution is 2.06. The minimum absolute atomic E-state index is 0.0316. The molecule has 5 nitrogen and oxygen atoms in total. The van der Waals surface area contributed by atoms with Crippen molar-refractivity contribution < 1.29 is 9.59 Å². The monoisotopic (exact) mass is 275 g/mol. The summed E-state index contributed by atoms with van der Waals surface area (Å²) < 4.78 is 0. The first-order valence-electron chi connectivity index (χ1n) is 7.07. The van der Waals surface area contributed by atoms with Crippen molar-refractivity contribution in [1.82, 2.24) is 16.0 Å². The van der Waals surface area contributed by atoms with Crippen molar-refractivity contribution >= 4 is 11.8 Å². The third-order valence-corrected chi connectivity index (χ3v) is 3.38. The van der Waals surface area contributed by atoms with Crippen LogP contribution in [0.1, 0.15) is 24.8 Å². The largest absolute Gasteiger partial charge is 0.350 e. The molecular formula is C15H21N3O2. The van der Waals surface area contributed by atoms with Gasteiger partial charge in [0.25, 0.3) is 0 Å². The number of hydrogen-bond acceptors (Lipinski definition) is 3. The maximum Gasteiger partial charge on any atom is 0.239 e. The molecule has 2 amide bonds. The second-order valence-corrected chi connectivity index (χ2v) is 4.98. The smallest absolute Gasteiger partial charge is 0.239 e. The summed E-state index contributed by atoms with van der Waals surface area (Å²) in [6, 6.07) is 9.54. The number of rotatable bonds is 5. The third kappa shape index (κ3) is 4.66. The Morgan fingerprint density at radius 1 is 1.15 bits per heavy atom. The molecule has 1 saturated heterocycles. The molecular weight excluding hydrogens is 254 g/mol. The van der Waals surface area contributed by atoms with Crippen LogP contribution in [-0.2, 0) is 16.1 Å². The van der Waals surface area contributed by atoms with E-state index in [2.05, 4.69) is 16.0 Å². The molecule has 2 rings (SSSR count). The van der Waals surface area contributed by atoms with E-state index in [1.807, 2.05) is 30.3 Å². The van der Waals surface area contributed by atoms with Gasteiger partial charge in [-0.15, -0.1) is 0 Å². The molecule has 1 atom stereocenters. The predicted molar refractivity (Wildman–Crippen MR) is 76.9 cm³/mol. The zero-order valence-electron chi connectivity index (χ0n) is 11.5. The fraction of sp³-hybridized carbons (Fsp3) is 0.467. The van der Waals surface area contributed by atoms with Gasteiger partial charge >= 0.3 is 0 Å². The molecule has 1 unspecified atom stereocenters. The maximum absolute atomic E-state index is 11.8. The average molecular weight is 275 g/mol. The fourth-order valence-corrected chi connectivity index (χ4v) is 2.23. The van der Waals surface area contributed by atoms with Crippen molar-refractivity contribution in [3.05, 3.63) is 35.9 Å². The van der Waals surface area contributed by atoms with Gasteiger partial charge in [-0.2, -0.15) is 0 Å². The SMILES string of the molecule is O=C(CNC(=O)C1CCCCN1)NCc1ccccc1. The van der Waals surface area contributed by atoms with E-state index in [4.69, 9.17) is 0 Å². The molecule has 1 aromatic carbocycles. The summed E-state index contributed by atoms with van der Waals surface area (Å²) in [5.74, 6) is -0.252. The molecule has 1 aromatic rings. The number of hydrogen-bond donors (Lipinski definition) is 3. The van der Waals surface area contributed by atoms with Crippen LogP contribution in [0.15, 0.2) is 30.3 Å². The Hall–Kier alpha value is -1.88. The molecule has 1 fully saturated rings. The van der Waals surface area contributed by atoms with Crippen LogP contribution in [0.4, 0.5) is 0 Å². The van der Waals surface area contributed by atoms with Crippen molar-refractivity contribution in [2.45, 2.75) is 31.8 Å². The Balaban J connectivity index is 1.65. The van der Waals surface area contributed by atoms with E-state index in [1.54, 1.807) is 0 Å². The summed E-state index contributed by atoms with van der Waals surface area (Å²) in [5.41, 5.74) is 1.04. The van der Waals surface area contributed by atoms with Crippen LogP contribution in [0, 0.1) is 0 Å². The molecule has 0 aliphatic carbocycles. The van der Waals surface area contributed by atoms with Gasteiger partial charge in [0, 0.05) is 6.54 Å². The normalized spacial score (nSPS) is 18.3. The lowest BCUT2D eigenvalue weighted by molar-refractivity contribution is -0.127. The molecule has 0 aromatic heterocycles. The number of carbonyl (C=O) groups is 2. The lowest BCUT2D eigenvalue weighted by Crippen LogP contribution is -2.48. The lowest BCUT2D eigenvalue weighted by Gasteiger charge is -2.22. The summed E-state index contributed by atoms with van der Waals surface area (Å²) in [6.45, 7) is 1.39. The molecule has 1 heterocycles. The first-order valence-corrected chi connectivity index (χ1v) is 7.07. The van der Waals surface area contributed by atoms with Gasteiger partial charge in [-0.1, -0.05) is 36.8 Å². The average Bonchev–Trinajstić information content (AvgIpc) is 2.52. The van der Waals surface area contributed by atoms with Crippen LogP contribution >= 0.6 is 0 Å². The van der Waals surface area contributed by atoms with Crippen LogP contribution in [0.3, 0.4) is 0 Å². The standard InChI is InChI=1S/C15H21N3O2/c19-14(17-10-12-6-2-1-3-7-12)11-18-15(20)13-8-4-5-9-16-13/h1-3,6-7,13,16H,4-5,8-11H2,(H,17,19)(H,18,20). The van der Waals surface area contributed by atoms with Gasteiger partial charge in [0.15, 0.2) is 0 Å². The minimum atomic E-state index is -0.169. The summed E-state index contributed by atoms with van der Waals surface area (Å²) in [7, 11) is 0. The fourth-order valence-electron chi connectivity index (χ4n) is 2.23. The van der Waals surface area contributed by atoms with E-state index in [-0.39, 0.29) is 24.4 Å². The number of amides is 2. The summed E-state index contributed by atoms with van der Waals surface area (Å²) in [4.78, 5) is 23.5. The Labute approximate surface area is 119 Å². The minimum Gasteiger partial charge on any atom is -0.350 e. The molecule has 108 valence electrons. The van der Waals surface area contributed by atoms with E-state index in [1.165, 1.54) is 0 Å². The van der Waals surface area contributed by atoms with Gasteiger partial charge in [0.05, 0.1) is 12.6 Å². The Bertz CT molecular complexity index is 442. The highest BCUT2D eigenvalue weighted by Gasteiger charge is 2.20. The summed E-state index contributed by atoms with van der Waals surface area (Å²) in [5, 5.41) is 8.61. The number of carbonyl (C=O) groups excluding carboxylic acids is 2. The molecule has 5 heteroatoms. The number of benzene rings is 1. The van der Waals surface area contributed by atoms with E-state index in [0.717, 1.165) is 31.4 Å². The van der Waals surface area contributed by atoms with E-state index in [0.29, 0.717) is 6.54 Å². The van der Waals surface area contributed by atoms with Gasteiger partial charge in [0.2, 0.25) is 11.8 Å². The Morgan fingerprint density at radius 3 is 2.65 bits per heavy atom. The summed E-state index contributed by atoms with van der Waals surface area (Å²) >= 11 is 0. The first kappa shape index (κ1) is 14.5. The zero-order chi connectivity index (χ0) is 14.2. The quantitative estimate of drug-likeness (QED) is 0.735. The van der Waals surface area contributed by atoms with Gasteiger partial charge in [-0.05, 0) is 24.9 Å². The van der Waals surface area contributed by atoms with Crippen molar-refractivity contribution in [3.8, 4) is 0 Å². The lowest BCUT2D eigenvalue weighted by atomic mass is 10.0.